The Balaban J connectivity index is 2.25. The minimum atomic E-state index is -0.544. The topological polar surface area (TPSA) is 59.0 Å². The molecule has 0 aromatic heterocycles. The van der Waals surface area contributed by atoms with Crippen molar-refractivity contribution in [3.63, 3.8) is 0 Å². The van der Waals surface area contributed by atoms with Crippen molar-refractivity contribution in [1.82, 2.24) is 0 Å². The summed E-state index contributed by atoms with van der Waals surface area (Å²) >= 11 is 3.37. The number of benzene rings is 2. The molecule has 108 valence electrons. The minimum Gasteiger partial charge on any atom is -0.488 e. The molecule has 0 radical (unpaired) electrons. The van der Waals surface area contributed by atoms with Crippen molar-refractivity contribution in [3.05, 3.63) is 63.4 Å². The fourth-order valence-electron chi connectivity index (χ4n) is 1.94. The van der Waals surface area contributed by atoms with E-state index in [2.05, 4.69) is 15.9 Å². The van der Waals surface area contributed by atoms with Gasteiger partial charge >= 0.3 is 0 Å². The minimum absolute atomic E-state index is 0.0118. The highest BCUT2D eigenvalue weighted by Gasteiger charge is 2.12. The van der Waals surface area contributed by atoms with Gasteiger partial charge in [0.2, 0.25) is 0 Å². The molecule has 0 saturated heterocycles. The Morgan fingerprint density at radius 2 is 2.14 bits per heavy atom. The van der Waals surface area contributed by atoms with E-state index in [1.54, 1.807) is 18.2 Å². The Morgan fingerprint density at radius 3 is 2.81 bits per heavy atom. The van der Waals surface area contributed by atoms with Crippen LogP contribution in [0.1, 0.15) is 29.7 Å². The average Bonchev–Trinajstić information content (AvgIpc) is 2.46. The number of nitrogens with two attached hydrogens (primary N) is 1. The Hall–Kier alpha value is -1.90. The molecule has 2 N–H and O–H groups in total. The molecule has 2 aromatic carbocycles. The lowest BCUT2D eigenvalue weighted by atomic mass is 10.1. The lowest BCUT2D eigenvalue weighted by molar-refractivity contribution is 0.295. The van der Waals surface area contributed by atoms with Gasteiger partial charge in [-0.2, -0.15) is 5.26 Å². The lowest BCUT2D eigenvalue weighted by Gasteiger charge is -2.15. The molecule has 21 heavy (non-hydrogen) atoms. The quantitative estimate of drug-likeness (QED) is 0.906. The van der Waals surface area contributed by atoms with Gasteiger partial charge < -0.3 is 10.5 Å². The van der Waals surface area contributed by atoms with E-state index < -0.39 is 5.82 Å². The monoisotopic (exact) mass is 348 g/mol. The third-order valence-corrected chi connectivity index (χ3v) is 3.54. The van der Waals surface area contributed by atoms with Crippen LogP contribution >= 0.6 is 15.9 Å². The third-order valence-electron chi connectivity index (χ3n) is 3.05. The highest BCUT2D eigenvalue weighted by atomic mass is 79.9. The zero-order valence-corrected chi connectivity index (χ0v) is 13.0. The summed E-state index contributed by atoms with van der Waals surface area (Å²) in [5.74, 6) is 0.0541. The van der Waals surface area contributed by atoms with Crippen molar-refractivity contribution in [1.29, 1.82) is 5.26 Å². The smallest absolute Gasteiger partial charge is 0.147 e. The first-order valence-electron chi connectivity index (χ1n) is 6.38. The molecule has 1 atom stereocenters. The molecule has 2 rings (SSSR count). The van der Waals surface area contributed by atoms with Crippen LogP contribution in [0.3, 0.4) is 0 Å². The normalized spacial score (nSPS) is 11.8. The summed E-state index contributed by atoms with van der Waals surface area (Å²) in [6, 6.07) is 11.8. The van der Waals surface area contributed by atoms with Gasteiger partial charge in [0.1, 0.15) is 24.2 Å². The Bertz CT molecular complexity index is 695. The van der Waals surface area contributed by atoms with Crippen molar-refractivity contribution in [2.45, 2.75) is 19.6 Å². The van der Waals surface area contributed by atoms with Crippen molar-refractivity contribution in [2.24, 2.45) is 5.73 Å². The van der Waals surface area contributed by atoms with Crippen LogP contribution < -0.4 is 10.5 Å². The second-order valence-electron chi connectivity index (χ2n) is 4.65. The molecule has 2 aromatic rings. The number of nitriles is 1. The first-order valence-corrected chi connectivity index (χ1v) is 7.17. The molecule has 0 amide bonds. The van der Waals surface area contributed by atoms with Gasteiger partial charge in [0.15, 0.2) is 0 Å². The van der Waals surface area contributed by atoms with Gasteiger partial charge in [0.25, 0.3) is 0 Å². The van der Waals surface area contributed by atoms with E-state index in [0.717, 1.165) is 10.0 Å². The summed E-state index contributed by atoms with van der Waals surface area (Å²) < 4.78 is 20.5. The molecule has 5 heteroatoms. The zero-order chi connectivity index (χ0) is 15.4. The number of halogens is 2. The summed E-state index contributed by atoms with van der Waals surface area (Å²) in [5.41, 5.74) is 7.09. The molecule has 0 spiro atoms. The number of hydrogen-bond acceptors (Lipinski definition) is 3. The summed E-state index contributed by atoms with van der Waals surface area (Å²) in [4.78, 5) is 0. The number of ether oxygens (including phenoxy) is 1. The first-order chi connectivity index (χ1) is 10.0. The summed E-state index contributed by atoms with van der Waals surface area (Å²) in [7, 11) is 0. The molecule has 0 saturated carbocycles. The summed E-state index contributed by atoms with van der Waals surface area (Å²) in [6.07, 6.45) is 0. The third kappa shape index (κ3) is 3.60. The predicted molar refractivity (Wildman–Crippen MR) is 82.2 cm³/mol. The molecule has 0 aliphatic carbocycles. The highest BCUT2D eigenvalue weighted by molar-refractivity contribution is 9.10. The van der Waals surface area contributed by atoms with Gasteiger partial charge in [-0.1, -0.05) is 34.1 Å². The van der Waals surface area contributed by atoms with E-state index >= 15 is 0 Å². The van der Waals surface area contributed by atoms with Crippen molar-refractivity contribution in [3.8, 4) is 11.8 Å². The number of hydrogen-bond donors (Lipinski definition) is 1. The van der Waals surface area contributed by atoms with Crippen LogP contribution in [0.15, 0.2) is 40.9 Å². The molecule has 0 heterocycles. The molecular formula is C16H14BrFN2O. The second kappa shape index (κ2) is 6.70. The second-order valence-corrected chi connectivity index (χ2v) is 5.57. The molecular weight excluding hydrogens is 335 g/mol. The van der Waals surface area contributed by atoms with E-state index in [1.165, 1.54) is 6.07 Å². The molecule has 1 unspecified atom stereocenters. The van der Waals surface area contributed by atoms with Gasteiger partial charge in [-0.05, 0) is 25.1 Å². The van der Waals surface area contributed by atoms with Crippen LogP contribution in [-0.4, -0.2) is 0 Å². The maximum Gasteiger partial charge on any atom is 0.147 e. The molecule has 0 aliphatic rings. The maximum atomic E-state index is 14.0. The van der Waals surface area contributed by atoms with Gasteiger partial charge in [-0.3, -0.25) is 0 Å². The number of nitrogens with zero attached hydrogens (tertiary/aromatic N) is 1. The SMILES string of the molecule is CC(N)c1ccc(Br)cc1OCc1cccc(C#N)c1F. The molecule has 0 fully saturated rings. The van der Waals surface area contributed by atoms with E-state index in [1.807, 2.05) is 25.1 Å². The van der Waals surface area contributed by atoms with Crippen LogP contribution in [0.4, 0.5) is 4.39 Å². The van der Waals surface area contributed by atoms with Crippen LogP contribution in [0.5, 0.6) is 5.75 Å². The van der Waals surface area contributed by atoms with E-state index in [0.29, 0.717) is 11.3 Å². The van der Waals surface area contributed by atoms with Gasteiger partial charge in [-0.15, -0.1) is 0 Å². The lowest BCUT2D eigenvalue weighted by Crippen LogP contribution is -2.08. The average molecular weight is 349 g/mol. The fourth-order valence-corrected chi connectivity index (χ4v) is 2.28. The van der Waals surface area contributed by atoms with Gasteiger partial charge in [0, 0.05) is 21.6 Å². The van der Waals surface area contributed by atoms with Crippen LogP contribution in [0.25, 0.3) is 0 Å². The largest absolute Gasteiger partial charge is 0.488 e. The van der Waals surface area contributed by atoms with Gasteiger partial charge in [0.05, 0.1) is 5.56 Å². The van der Waals surface area contributed by atoms with Crippen LogP contribution in [0, 0.1) is 17.1 Å². The molecule has 0 bridgehead atoms. The van der Waals surface area contributed by atoms with Crippen molar-refractivity contribution < 1.29 is 9.13 Å². The van der Waals surface area contributed by atoms with Crippen LogP contribution in [0.2, 0.25) is 0 Å². The predicted octanol–water partition coefficient (Wildman–Crippen LogP) is 4.06. The molecule has 3 nitrogen and oxygen atoms in total. The summed E-state index contributed by atoms with van der Waals surface area (Å²) in [6.45, 7) is 1.89. The Labute approximate surface area is 131 Å². The van der Waals surface area contributed by atoms with E-state index in [9.17, 15) is 4.39 Å². The van der Waals surface area contributed by atoms with Crippen LogP contribution in [-0.2, 0) is 6.61 Å². The Morgan fingerprint density at radius 1 is 1.38 bits per heavy atom. The highest BCUT2D eigenvalue weighted by Crippen LogP contribution is 2.28. The first kappa shape index (κ1) is 15.5. The maximum absolute atomic E-state index is 14.0. The van der Waals surface area contributed by atoms with Crippen molar-refractivity contribution >= 4 is 15.9 Å². The molecule has 0 aliphatic heterocycles. The Kier molecular flexibility index (Phi) is 4.94. The number of rotatable bonds is 4. The zero-order valence-electron chi connectivity index (χ0n) is 11.4. The van der Waals surface area contributed by atoms with Gasteiger partial charge in [-0.25, -0.2) is 4.39 Å². The van der Waals surface area contributed by atoms with E-state index in [-0.39, 0.29) is 18.2 Å². The standard InChI is InChI=1S/C16H14BrFN2O/c1-10(20)14-6-5-13(17)7-15(14)21-9-12-4-2-3-11(8-19)16(12)18/h2-7,10H,9,20H2,1H3. The summed E-state index contributed by atoms with van der Waals surface area (Å²) in [5, 5.41) is 8.83. The fraction of sp³-hybridized carbons (Fsp3) is 0.188. The van der Waals surface area contributed by atoms with E-state index in [4.69, 9.17) is 15.7 Å². The van der Waals surface area contributed by atoms with Crippen molar-refractivity contribution in [2.75, 3.05) is 0 Å².